The first-order valence-corrected chi connectivity index (χ1v) is 12.8. The van der Waals surface area contributed by atoms with Crippen LogP contribution in [-0.2, 0) is 10.3 Å². The van der Waals surface area contributed by atoms with Crippen molar-refractivity contribution in [2.75, 3.05) is 63.1 Å². The maximum Gasteiger partial charge on any atom is 0.143 e. The second-order valence-electron chi connectivity index (χ2n) is 10.1. The Morgan fingerprint density at radius 3 is 1.61 bits per heavy atom. The number of benzene rings is 4. The van der Waals surface area contributed by atoms with Gasteiger partial charge in [-0.25, -0.2) is 0 Å². The van der Waals surface area contributed by atoms with Crippen molar-refractivity contribution in [2.45, 2.75) is 18.4 Å². The van der Waals surface area contributed by atoms with E-state index in [0.717, 1.165) is 24.2 Å². The third-order valence-electron chi connectivity index (χ3n) is 7.61. The molecule has 1 heterocycles. The van der Waals surface area contributed by atoms with Gasteiger partial charge in [0.05, 0.1) is 0 Å². The van der Waals surface area contributed by atoms with Gasteiger partial charge >= 0.3 is 0 Å². The van der Waals surface area contributed by atoms with Crippen molar-refractivity contribution in [2.24, 2.45) is 0 Å². The first kappa shape index (κ1) is 24.2. The second-order valence-corrected chi connectivity index (χ2v) is 10.1. The smallest absolute Gasteiger partial charge is 0.143 e. The predicted molar refractivity (Wildman–Crippen MR) is 154 cm³/mol. The van der Waals surface area contributed by atoms with Gasteiger partial charge in [0.1, 0.15) is 5.60 Å². The maximum absolute atomic E-state index is 6.63. The largest absolute Gasteiger partial charge is 0.378 e. The van der Waals surface area contributed by atoms with Gasteiger partial charge < -0.3 is 19.4 Å². The number of rotatable bonds is 7. The van der Waals surface area contributed by atoms with Gasteiger partial charge in [0.25, 0.3) is 0 Å². The Morgan fingerprint density at radius 1 is 0.639 bits per heavy atom. The zero-order valence-electron chi connectivity index (χ0n) is 22.2. The fourth-order valence-corrected chi connectivity index (χ4v) is 5.64. The molecule has 0 amide bonds. The predicted octanol–water partition coefficient (Wildman–Crippen LogP) is 6.51. The average molecular weight is 480 g/mol. The normalized spacial score (nSPS) is 13.9. The van der Waals surface area contributed by atoms with Gasteiger partial charge in [0, 0.05) is 76.4 Å². The van der Waals surface area contributed by atoms with Crippen molar-refractivity contribution in [3.8, 4) is 0 Å². The van der Waals surface area contributed by atoms with Gasteiger partial charge in [-0.2, -0.15) is 0 Å². The van der Waals surface area contributed by atoms with Crippen LogP contribution in [0.1, 0.15) is 29.5 Å². The summed E-state index contributed by atoms with van der Waals surface area (Å²) in [6, 6.07) is 31.0. The Morgan fingerprint density at radius 2 is 1.14 bits per heavy atom. The van der Waals surface area contributed by atoms with Crippen LogP contribution in [0.5, 0.6) is 0 Å². The summed E-state index contributed by atoms with van der Waals surface area (Å²) in [5, 5.41) is 2.52. The fraction of sp³-hybridized carbons (Fsp3) is 0.312. The van der Waals surface area contributed by atoms with Crippen LogP contribution in [-0.4, -0.2) is 48.4 Å². The van der Waals surface area contributed by atoms with Crippen LogP contribution >= 0.6 is 0 Å². The van der Waals surface area contributed by atoms with E-state index in [4.69, 9.17) is 4.74 Å². The number of methoxy groups -OCH3 is 1. The monoisotopic (exact) mass is 479 g/mol. The molecule has 0 saturated carbocycles. The molecule has 1 aliphatic rings. The van der Waals surface area contributed by atoms with E-state index < -0.39 is 5.60 Å². The summed E-state index contributed by atoms with van der Waals surface area (Å²) in [4.78, 5) is 6.78. The van der Waals surface area contributed by atoms with Crippen LogP contribution in [0.3, 0.4) is 0 Å². The lowest BCUT2D eigenvalue weighted by atomic mass is 9.77. The van der Waals surface area contributed by atoms with Gasteiger partial charge in [-0.05, 0) is 59.7 Å². The highest BCUT2D eigenvalue weighted by molar-refractivity contribution is 5.98. The summed E-state index contributed by atoms with van der Waals surface area (Å²) in [5.41, 5.74) is 6.31. The molecule has 4 heteroatoms. The van der Waals surface area contributed by atoms with E-state index in [1.54, 1.807) is 0 Å². The number of nitrogens with zero attached hydrogens (tertiary/aromatic N) is 3. The zero-order chi connectivity index (χ0) is 25.3. The van der Waals surface area contributed by atoms with Gasteiger partial charge in [-0.3, -0.25) is 0 Å². The van der Waals surface area contributed by atoms with E-state index in [0.29, 0.717) is 0 Å². The minimum absolute atomic E-state index is 0.751. The van der Waals surface area contributed by atoms with Crippen LogP contribution in [0.4, 0.5) is 17.1 Å². The molecule has 186 valence electrons. The van der Waals surface area contributed by atoms with Crippen LogP contribution in [0.2, 0.25) is 0 Å². The third-order valence-corrected chi connectivity index (χ3v) is 7.61. The molecule has 1 fully saturated rings. The Kier molecular flexibility index (Phi) is 6.63. The zero-order valence-corrected chi connectivity index (χ0v) is 22.2. The quantitative estimate of drug-likeness (QED) is 0.281. The summed E-state index contributed by atoms with van der Waals surface area (Å²) in [7, 11) is 10.1. The van der Waals surface area contributed by atoms with E-state index in [1.807, 2.05) is 7.11 Å². The summed E-state index contributed by atoms with van der Waals surface area (Å²) >= 11 is 0. The number of hydrogen-bond donors (Lipinski definition) is 0. The molecular weight excluding hydrogens is 442 g/mol. The van der Waals surface area contributed by atoms with Gasteiger partial charge in [-0.1, -0.05) is 54.6 Å². The van der Waals surface area contributed by atoms with Crippen LogP contribution in [0.15, 0.2) is 84.9 Å². The molecular formula is C32H37N3O. The van der Waals surface area contributed by atoms with Crippen molar-refractivity contribution < 1.29 is 4.74 Å². The SMILES string of the molecule is COC(c1ccc(N(C)C)cc1)(c1ccc(N(C)C)cc1)c1ccc(N2CCCC2)c2ccccc12. The molecule has 5 rings (SSSR count). The lowest BCUT2D eigenvalue weighted by Crippen LogP contribution is -2.32. The molecule has 0 aromatic heterocycles. The summed E-state index contributed by atoms with van der Waals surface area (Å²) < 4.78 is 6.63. The van der Waals surface area contributed by atoms with Gasteiger partial charge in [0.15, 0.2) is 0 Å². The highest BCUT2D eigenvalue weighted by Gasteiger charge is 2.38. The summed E-state index contributed by atoms with van der Waals surface area (Å²) in [5.74, 6) is 0. The van der Waals surface area contributed by atoms with Crippen molar-refractivity contribution in [3.05, 3.63) is 102 Å². The number of anilines is 3. The molecule has 1 aliphatic heterocycles. The van der Waals surface area contributed by atoms with Crippen LogP contribution in [0, 0.1) is 0 Å². The Hall–Kier alpha value is -3.50. The van der Waals surface area contributed by atoms with Crippen molar-refractivity contribution >= 4 is 27.8 Å². The van der Waals surface area contributed by atoms with E-state index in [9.17, 15) is 0 Å². The van der Waals surface area contributed by atoms with Gasteiger partial charge in [-0.15, -0.1) is 0 Å². The van der Waals surface area contributed by atoms with E-state index in [2.05, 4.69) is 128 Å². The molecule has 0 spiro atoms. The summed E-state index contributed by atoms with van der Waals surface area (Å²) in [6.07, 6.45) is 2.52. The highest BCUT2D eigenvalue weighted by atomic mass is 16.5. The van der Waals surface area contributed by atoms with Crippen molar-refractivity contribution in [3.63, 3.8) is 0 Å². The Balaban J connectivity index is 1.77. The van der Waals surface area contributed by atoms with Crippen molar-refractivity contribution in [1.29, 1.82) is 0 Å². The highest BCUT2D eigenvalue weighted by Crippen LogP contribution is 2.45. The molecule has 0 radical (unpaired) electrons. The van der Waals surface area contributed by atoms with E-state index in [-0.39, 0.29) is 0 Å². The lowest BCUT2D eigenvalue weighted by Gasteiger charge is -2.36. The van der Waals surface area contributed by atoms with E-state index >= 15 is 0 Å². The third kappa shape index (κ3) is 4.10. The summed E-state index contributed by atoms with van der Waals surface area (Å²) in [6.45, 7) is 2.24. The topological polar surface area (TPSA) is 19.0 Å². The maximum atomic E-state index is 6.63. The van der Waals surface area contributed by atoms with Crippen molar-refractivity contribution in [1.82, 2.24) is 0 Å². The van der Waals surface area contributed by atoms with E-state index in [1.165, 1.54) is 46.2 Å². The Labute approximate surface area is 215 Å². The van der Waals surface area contributed by atoms with Crippen LogP contribution < -0.4 is 14.7 Å². The number of ether oxygens (including phenoxy) is 1. The molecule has 0 bridgehead atoms. The molecule has 0 unspecified atom stereocenters. The molecule has 1 saturated heterocycles. The fourth-order valence-electron chi connectivity index (χ4n) is 5.64. The number of fused-ring (bicyclic) bond motifs is 1. The molecule has 0 aliphatic carbocycles. The second kappa shape index (κ2) is 9.87. The van der Waals surface area contributed by atoms with Crippen LogP contribution in [0.25, 0.3) is 10.8 Å². The molecule has 4 aromatic carbocycles. The molecule has 0 atom stereocenters. The molecule has 4 nitrogen and oxygen atoms in total. The standard InChI is InChI=1S/C32H37N3O/c1-33(2)26-16-12-24(13-17-26)32(36-5,25-14-18-27(19-15-25)34(3)4)30-20-21-31(35-22-8-9-23-35)29-11-7-6-10-28(29)30/h6-7,10-21H,8-9,22-23H2,1-5H3. The Bertz CT molecular complexity index is 1270. The van der Waals surface area contributed by atoms with Gasteiger partial charge in [0.2, 0.25) is 0 Å². The lowest BCUT2D eigenvalue weighted by molar-refractivity contribution is 0.0598. The molecule has 36 heavy (non-hydrogen) atoms. The first-order valence-electron chi connectivity index (χ1n) is 12.8. The average Bonchev–Trinajstić information content (AvgIpc) is 3.45. The minimum atomic E-state index is -0.751. The number of hydrogen-bond acceptors (Lipinski definition) is 4. The minimum Gasteiger partial charge on any atom is -0.378 e. The molecule has 4 aromatic rings. The molecule has 0 N–H and O–H groups in total. The first-order chi connectivity index (χ1) is 17.5.